The third-order valence-electron chi connectivity index (χ3n) is 5.44. The number of nitrogens with zero attached hydrogens (tertiary/aromatic N) is 4. The Morgan fingerprint density at radius 3 is 2.86 bits per heavy atom. The summed E-state index contributed by atoms with van der Waals surface area (Å²) in [6.07, 6.45) is 4.62. The van der Waals surface area contributed by atoms with Crippen LogP contribution in [0.15, 0.2) is 35.3 Å². The summed E-state index contributed by atoms with van der Waals surface area (Å²) in [5, 5.41) is 14.1. The van der Waals surface area contributed by atoms with Crippen LogP contribution in [-0.4, -0.2) is 49.6 Å². The second kappa shape index (κ2) is 8.02. The van der Waals surface area contributed by atoms with E-state index in [9.17, 15) is 4.79 Å². The summed E-state index contributed by atoms with van der Waals surface area (Å²) in [5.41, 5.74) is 3.18. The normalized spacial score (nSPS) is 16.8. The minimum absolute atomic E-state index is 0.106. The molecule has 1 unspecified atom stereocenters. The summed E-state index contributed by atoms with van der Waals surface area (Å²) in [7, 11) is 2.14. The van der Waals surface area contributed by atoms with Gasteiger partial charge in [0.2, 0.25) is 0 Å². The highest BCUT2D eigenvalue weighted by atomic mass is 16.5. The first kappa shape index (κ1) is 18.5. The second-order valence-electron chi connectivity index (χ2n) is 7.22. The van der Waals surface area contributed by atoms with Crippen molar-refractivity contribution in [3.63, 3.8) is 0 Å². The molecule has 0 spiro atoms. The molecule has 0 saturated carbocycles. The topological polar surface area (TPSA) is 91.8 Å². The molecular weight excluding hydrogens is 356 g/mol. The Morgan fingerprint density at radius 1 is 1.25 bits per heavy atom. The van der Waals surface area contributed by atoms with Crippen molar-refractivity contribution in [1.82, 2.24) is 29.9 Å². The fourth-order valence-electron chi connectivity index (χ4n) is 3.89. The van der Waals surface area contributed by atoms with E-state index in [1.807, 2.05) is 25.3 Å². The minimum atomic E-state index is -0.106. The Bertz CT molecular complexity index is 971. The average Bonchev–Trinajstić information content (AvgIpc) is 3.22. The lowest BCUT2D eigenvalue weighted by atomic mass is 10.0. The molecule has 8 nitrogen and oxygen atoms in total. The first-order valence-electron chi connectivity index (χ1n) is 9.75. The van der Waals surface area contributed by atoms with E-state index in [2.05, 4.69) is 44.5 Å². The van der Waals surface area contributed by atoms with Gasteiger partial charge in [-0.1, -0.05) is 0 Å². The van der Waals surface area contributed by atoms with Crippen LogP contribution in [0.3, 0.4) is 0 Å². The molecule has 3 heterocycles. The van der Waals surface area contributed by atoms with Gasteiger partial charge in [0.25, 0.3) is 0 Å². The highest BCUT2D eigenvalue weighted by Crippen LogP contribution is 2.26. The molecule has 0 fully saturated rings. The number of aromatic nitrogens is 5. The van der Waals surface area contributed by atoms with Crippen LogP contribution in [0.4, 0.5) is 0 Å². The molecule has 0 saturated heterocycles. The van der Waals surface area contributed by atoms with Crippen molar-refractivity contribution >= 4 is 0 Å². The lowest BCUT2D eigenvalue weighted by Crippen LogP contribution is -2.32. The van der Waals surface area contributed by atoms with Crippen molar-refractivity contribution in [3.05, 3.63) is 52.3 Å². The smallest absolute Gasteiger partial charge is 0.343 e. The Balaban J connectivity index is 1.45. The number of aryl methyl sites for hydroxylation is 1. The van der Waals surface area contributed by atoms with Crippen LogP contribution >= 0.6 is 0 Å². The van der Waals surface area contributed by atoms with Gasteiger partial charge < -0.3 is 4.74 Å². The molecule has 2 N–H and O–H groups in total. The molecule has 2 aromatic heterocycles. The van der Waals surface area contributed by atoms with Crippen molar-refractivity contribution in [2.24, 2.45) is 0 Å². The van der Waals surface area contributed by atoms with Gasteiger partial charge in [0.15, 0.2) is 0 Å². The maximum atomic E-state index is 11.8. The first-order valence-corrected chi connectivity index (χ1v) is 9.75. The van der Waals surface area contributed by atoms with Crippen molar-refractivity contribution < 1.29 is 4.74 Å². The zero-order valence-electron chi connectivity index (χ0n) is 16.3. The fourth-order valence-corrected chi connectivity index (χ4v) is 3.89. The van der Waals surface area contributed by atoms with Crippen molar-refractivity contribution in [3.8, 4) is 17.0 Å². The summed E-state index contributed by atoms with van der Waals surface area (Å²) < 4.78 is 7.29. The number of hydrogen-bond acceptors (Lipinski definition) is 5. The van der Waals surface area contributed by atoms with Crippen LogP contribution < -0.4 is 10.4 Å². The van der Waals surface area contributed by atoms with E-state index >= 15 is 0 Å². The number of fused-ring (bicyclic) bond motifs is 1. The van der Waals surface area contributed by atoms with E-state index in [-0.39, 0.29) is 5.69 Å². The van der Waals surface area contributed by atoms with Crippen LogP contribution in [0.25, 0.3) is 11.3 Å². The number of nitrogens with one attached hydrogen (secondary N) is 2. The summed E-state index contributed by atoms with van der Waals surface area (Å²) in [6, 6.07) is 8.47. The van der Waals surface area contributed by atoms with Crippen LogP contribution in [0.2, 0.25) is 0 Å². The van der Waals surface area contributed by atoms with Gasteiger partial charge in [0.05, 0.1) is 18.5 Å². The predicted molar refractivity (Wildman–Crippen MR) is 106 cm³/mol. The van der Waals surface area contributed by atoms with Gasteiger partial charge in [-0.05, 0) is 51.1 Å². The lowest BCUT2D eigenvalue weighted by Gasteiger charge is -2.26. The Kier molecular flexibility index (Phi) is 5.29. The molecule has 148 valence electrons. The minimum Gasteiger partial charge on any atom is -0.494 e. The predicted octanol–water partition coefficient (Wildman–Crippen LogP) is 2.20. The highest BCUT2D eigenvalue weighted by molar-refractivity contribution is 5.63. The fraction of sp³-hybridized carbons (Fsp3) is 0.450. The SMILES string of the molecule is CCOc1ccc(-c2[nH]ncc2CN(C)C2CCc3n[nH]c(=O)n3CC2)cc1. The molecule has 0 radical (unpaired) electrons. The summed E-state index contributed by atoms with van der Waals surface area (Å²) in [5.74, 6) is 1.73. The number of benzene rings is 1. The second-order valence-corrected chi connectivity index (χ2v) is 7.22. The van der Waals surface area contributed by atoms with Crippen LogP contribution in [0.5, 0.6) is 5.75 Å². The maximum absolute atomic E-state index is 11.8. The van der Waals surface area contributed by atoms with Gasteiger partial charge in [0, 0.05) is 36.7 Å². The standard InChI is InChI=1S/C20H26N6O2/c1-3-28-17-7-4-14(5-8-17)19-15(12-21-23-19)13-25(2)16-6-9-18-22-24-20(27)26(18)11-10-16/h4-5,7-8,12,16H,3,6,9-11,13H2,1-2H3,(H,21,23)(H,24,27). The highest BCUT2D eigenvalue weighted by Gasteiger charge is 2.23. The number of H-pyrrole nitrogens is 2. The largest absolute Gasteiger partial charge is 0.494 e. The van der Waals surface area contributed by atoms with E-state index in [1.165, 1.54) is 0 Å². The molecule has 0 amide bonds. The first-order chi connectivity index (χ1) is 13.7. The van der Waals surface area contributed by atoms with E-state index in [4.69, 9.17) is 4.74 Å². The molecule has 4 rings (SSSR count). The molecule has 1 aromatic carbocycles. The van der Waals surface area contributed by atoms with Gasteiger partial charge in [-0.3, -0.25) is 14.6 Å². The third kappa shape index (κ3) is 3.73. The number of ether oxygens (including phenoxy) is 1. The summed E-state index contributed by atoms with van der Waals surface area (Å²) >= 11 is 0. The van der Waals surface area contributed by atoms with Crippen LogP contribution in [0.1, 0.15) is 31.2 Å². The van der Waals surface area contributed by atoms with E-state index < -0.39 is 0 Å². The Hall–Kier alpha value is -2.87. The van der Waals surface area contributed by atoms with Crippen molar-refractivity contribution in [2.45, 2.75) is 45.3 Å². The van der Waals surface area contributed by atoms with Gasteiger partial charge in [-0.15, -0.1) is 0 Å². The Morgan fingerprint density at radius 2 is 2.07 bits per heavy atom. The molecule has 0 bridgehead atoms. The quantitative estimate of drug-likeness (QED) is 0.682. The molecule has 0 aliphatic carbocycles. The zero-order valence-corrected chi connectivity index (χ0v) is 16.3. The van der Waals surface area contributed by atoms with Crippen molar-refractivity contribution in [1.29, 1.82) is 0 Å². The third-order valence-corrected chi connectivity index (χ3v) is 5.44. The molecule has 8 heteroatoms. The molecule has 1 aliphatic rings. The van der Waals surface area contributed by atoms with Crippen LogP contribution in [-0.2, 0) is 19.5 Å². The van der Waals surface area contributed by atoms with E-state index in [0.717, 1.165) is 54.2 Å². The van der Waals surface area contributed by atoms with E-state index in [1.54, 1.807) is 4.57 Å². The zero-order chi connectivity index (χ0) is 19.5. The molecule has 1 aliphatic heterocycles. The number of hydrogen-bond donors (Lipinski definition) is 2. The van der Waals surface area contributed by atoms with Crippen molar-refractivity contribution in [2.75, 3.05) is 13.7 Å². The Labute approximate surface area is 163 Å². The van der Waals surface area contributed by atoms with Gasteiger partial charge >= 0.3 is 5.69 Å². The lowest BCUT2D eigenvalue weighted by molar-refractivity contribution is 0.210. The maximum Gasteiger partial charge on any atom is 0.343 e. The van der Waals surface area contributed by atoms with E-state index in [0.29, 0.717) is 19.2 Å². The molecule has 3 aromatic rings. The van der Waals surface area contributed by atoms with Gasteiger partial charge in [0.1, 0.15) is 11.6 Å². The summed E-state index contributed by atoms with van der Waals surface area (Å²) in [6.45, 7) is 4.14. The average molecular weight is 382 g/mol. The molecule has 28 heavy (non-hydrogen) atoms. The van der Waals surface area contributed by atoms with Gasteiger partial charge in [-0.2, -0.15) is 10.2 Å². The number of aromatic amines is 2. The molecular formula is C20H26N6O2. The monoisotopic (exact) mass is 382 g/mol. The van der Waals surface area contributed by atoms with Gasteiger partial charge in [-0.25, -0.2) is 9.89 Å². The number of rotatable bonds is 6. The van der Waals surface area contributed by atoms with Crippen LogP contribution in [0, 0.1) is 0 Å². The summed E-state index contributed by atoms with van der Waals surface area (Å²) in [4.78, 5) is 14.2. The molecule has 1 atom stereocenters.